The zero-order valence-corrected chi connectivity index (χ0v) is 25.6. The lowest BCUT2D eigenvalue weighted by molar-refractivity contribution is -0.137. The van der Waals surface area contributed by atoms with E-state index in [1.807, 2.05) is 0 Å². The lowest BCUT2D eigenvalue weighted by atomic mass is 9.83. The molecule has 9 nitrogen and oxygen atoms in total. The highest BCUT2D eigenvalue weighted by Crippen LogP contribution is 2.54. The van der Waals surface area contributed by atoms with E-state index < -0.39 is 63.8 Å². The first-order valence-corrected chi connectivity index (χ1v) is 15.3. The zero-order valence-electron chi connectivity index (χ0n) is 24.0. The topological polar surface area (TPSA) is 107 Å². The van der Waals surface area contributed by atoms with Gasteiger partial charge in [0.25, 0.3) is 0 Å². The number of methoxy groups -OCH3 is 2. The van der Waals surface area contributed by atoms with Crippen molar-refractivity contribution >= 4 is 52.2 Å². The number of hydrogen-bond acceptors (Lipinski definition) is 8. The minimum absolute atomic E-state index is 0.112. The molecule has 3 atom stereocenters. The standard InChI is InChI=1S/C31H23F4N3O6S2/c1-43-20-11-6-15(12-21(20)44-2)23-24-25(28(41)38(27(24)40)19-9-7-17(32)8-10-19)45-29-26(23)46-30(42)37(29)14-22(39)36-18-5-3-4-16(13-18)31(33,34)35/h3-13,23-25H,14H2,1-2H3,(H,36,39)/t23-,24-,25+/m0/s1. The molecule has 1 aromatic heterocycles. The van der Waals surface area contributed by atoms with Crippen molar-refractivity contribution in [2.45, 2.75) is 28.9 Å². The molecule has 6 rings (SSSR count). The molecule has 46 heavy (non-hydrogen) atoms. The molecule has 0 saturated carbocycles. The third-order valence-corrected chi connectivity index (χ3v) is 10.3. The van der Waals surface area contributed by atoms with Crippen LogP contribution in [0.1, 0.15) is 21.9 Å². The van der Waals surface area contributed by atoms with Gasteiger partial charge in [0.05, 0.1) is 36.4 Å². The molecule has 15 heteroatoms. The monoisotopic (exact) mass is 673 g/mol. The minimum atomic E-state index is -4.62. The van der Waals surface area contributed by atoms with Crippen LogP contribution in [0.15, 0.2) is 76.6 Å². The molecule has 0 bridgehead atoms. The van der Waals surface area contributed by atoms with Crippen LogP contribution in [0.4, 0.5) is 28.9 Å². The Morgan fingerprint density at radius 2 is 1.65 bits per heavy atom. The smallest absolute Gasteiger partial charge is 0.416 e. The zero-order chi connectivity index (χ0) is 32.9. The van der Waals surface area contributed by atoms with Crippen LogP contribution in [-0.4, -0.2) is 41.8 Å². The van der Waals surface area contributed by atoms with Crippen LogP contribution in [0.2, 0.25) is 0 Å². The number of carbonyl (C=O) groups excluding carboxylic acids is 3. The van der Waals surface area contributed by atoms with E-state index in [1.54, 1.807) is 18.2 Å². The highest BCUT2D eigenvalue weighted by Gasteiger charge is 2.57. The maximum atomic E-state index is 14.0. The van der Waals surface area contributed by atoms with Crippen LogP contribution >= 0.6 is 23.1 Å². The Bertz CT molecular complexity index is 1920. The quantitative estimate of drug-likeness (QED) is 0.204. The highest BCUT2D eigenvalue weighted by atomic mass is 32.2. The summed E-state index contributed by atoms with van der Waals surface area (Å²) in [6.45, 7) is -0.562. The second-order valence-electron chi connectivity index (χ2n) is 10.4. The number of imide groups is 1. The summed E-state index contributed by atoms with van der Waals surface area (Å²) in [5, 5.41) is 1.66. The Labute approximate surface area is 266 Å². The lowest BCUT2D eigenvalue weighted by Crippen LogP contribution is -2.33. The van der Waals surface area contributed by atoms with Crippen molar-refractivity contribution in [3.05, 3.63) is 98.2 Å². The number of ether oxygens (including phenoxy) is 2. The maximum Gasteiger partial charge on any atom is 0.416 e. The van der Waals surface area contributed by atoms with Crippen LogP contribution in [0.5, 0.6) is 11.5 Å². The third kappa shape index (κ3) is 5.53. The summed E-state index contributed by atoms with van der Waals surface area (Å²) in [5.74, 6) is -3.49. The second-order valence-corrected chi connectivity index (χ2v) is 12.5. The van der Waals surface area contributed by atoms with Gasteiger partial charge in [-0.2, -0.15) is 13.2 Å². The molecule has 3 aromatic carbocycles. The molecule has 238 valence electrons. The van der Waals surface area contributed by atoms with Crippen molar-refractivity contribution in [3.63, 3.8) is 0 Å². The maximum absolute atomic E-state index is 14.0. The lowest BCUT2D eigenvalue weighted by Gasteiger charge is -2.31. The molecule has 4 aromatic rings. The predicted molar refractivity (Wildman–Crippen MR) is 162 cm³/mol. The van der Waals surface area contributed by atoms with E-state index in [0.717, 1.165) is 62.9 Å². The fraction of sp³-hybridized carbons (Fsp3) is 0.226. The van der Waals surface area contributed by atoms with Crippen molar-refractivity contribution in [3.8, 4) is 11.5 Å². The van der Waals surface area contributed by atoms with Gasteiger partial charge < -0.3 is 14.8 Å². The van der Waals surface area contributed by atoms with Crippen molar-refractivity contribution in [1.29, 1.82) is 0 Å². The number of rotatable bonds is 7. The fourth-order valence-corrected chi connectivity index (χ4v) is 8.40. The number of benzene rings is 3. The van der Waals surface area contributed by atoms with Crippen molar-refractivity contribution in [1.82, 2.24) is 4.57 Å². The summed E-state index contributed by atoms with van der Waals surface area (Å²) in [4.78, 5) is 55.1. The van der Waals surface area contributed by atoms with Gasteiger partial charge in [0.15, 0.2) is 11.5 Å². The number of thioether (sulfide) groups is 1. The first-order valence-electron chi connectivity index (χ1n) is 13.6. The Balaban J connectivity index is 1.41. The number of carbonyl (C=O) groups is 3. The largest absolute Gasteiger partial charge is 0.493 e. The minimum Gasteiger partial charge on any atom is -0.493 e. The van der Waals surface area contributed by atoms with Crippen LogP contribution in [-0.2, 0) is 27.1 Å². The summed E-state index contributed by atoms with van der Waals surface area (Å²) in [6.07, 6.45) is -4.62. The van der Waals surface area contributed by atoms with Gasteiger partial charge >= 0.3 is 11.0 Å². The van der Waals surface area contributed by atoms with Crippen molar-refractivity contribution < 1.29 is 41.4 Å². The average molecular weight is 674 g/mol. The van der Waals surface area contributed by atoms with Gasteiger partial charge in [0.1, 0.15) is 17.6 Å². The van der Waals surface area contributed by atoms with E-state index in [0.29, 0.717) is 21.9 Å². The van der Waals surface area contributed by atoms with Gasteiger partial charge in [-0.3, -0.25) is 23.7 Å². The first kappa shape index (κ1) is 31.4. The van der Waals surface area contributed by atoms with Gasteiger partial charge in [-0.15, -0.1) is 0 Å². The Morgan fingerprint density at radius 3 is 2.33 bits per heavy atom. The Hall–Kier alpha value is -4.63. The summed E-state index contributed by atoms with van der Waals surface area (Å²) in [6, 6.07) is 14.0. The highest BCUT2D eigenvalue weighted by molar-refractivity contribution is 8.00. The number of alkyl halides is 3. The number of nitrogens with zero attached hydrogens (tertiary/aromatic N) is 2. The molecular formula is C31H23F4N3O6S2. The number of anilines is 2. The van der Waals surface area contributed by atoms with Gasteiger partial charge in [0.2, 0.25) is 17.7 Å². The molecule has 0 aliphatic carbocycles. The molecule has 0 spiro atoms. The Morgan fingerprint density at radius 1 is 0.935 bits per heavy atom. The fourth-order valence-electron chi connectivity index (χ4n) is 5.62. The summed E-state index contributed by atoms with van der Waals surface area (Å²) < 4.78 is 65.2. The van der Waals surface area contributed by atoms with E-state index in [1.165, 1.54) is 32.4 Å². The van der Waals surface area contributed by atoms with E-state index in [2.05, 4.69) is 5.32 Å². The molecule has 0 unspecified atom stereocenters. The van der Waals surface area contributed by atoms with E-state index in [9.17, 15) is 36.7 Å². The van der Waals surface area contributed by atoms with Gasteiger partial charge in [-0.05, 0) is 60.2 Å². The number of halogens is 4. The SMILES string of the molecule is COc1ccc([C@@H]2c3sc(=O)n(CC(=O)Nc4cccc(C(F)(F)F)c4)c3S[C@H]3C(=O)N(c4ccc(F)cc4)C(=O)[C@@H]23)cc1OC. The number of amides is 3. The van der Waals surface area contributed by atoms with E-state index in [-0.39, 0.29) is 16.4 Å². The average Bonchev–Trinajstić information content (AvgIpc) is 3.47. The number of nitrogens with one attached hydrogen (secondary N) is 1. The number of thiazole rings is 1. The van der Waals surface area contributed by atoms with Crippen molar-refractivity contribution in [2.75, 3.05) is 24.4 Å². The van der Waals surface area contributed by atoms with Crippen LogP contribution in [0.3, 0.4) is 0 Å². The van der Waals surface area contributed by atoms with Crippen LogP contribution < -0.4 is 24.6 Å². The molecule has 1 fully saturated rings. The molecule has 2 aliphatic heterocycles. The van der Waals surface area contributed by atoms with Crippen molar-refractivity contribution in [2.24, 2.45) is 5.92 Å². The van der Waals surface area contributed by atoms with Crippen LogP contribution in [0, 0.1) is 11.7 Å². The van der Waals surface area contributed by atoms with Crippen LogP contribution in [0.25, 0.3) is 0 Å². The predicted octanol–water partition coefficient (Wildman–Crippen LogP) is 5.52. The van der Waals surface area contributed by atoms with Gasteiger partial charge in [0, 0.05) is 16.5 Å². The molecule has 3 heterocycles. The number of hydrogen-bond donors (Lipinski definition) is 1. The molecule has 0 radical (unpaired) electrons. The molecule has 3 amide bonds. The molecule has 1 N–H and O–H groups in total. The summed E-state index contributed by atoms with van der Waals surface area (Å²) in [7, 11) is 2.89. The van der Waals surface area contributed by atoms with E-state index >= 15 is 0 Å². The second kappa shape index (κ2) is 11.9. The summed E-state index contributed by atoms with van der Waals surface area (Å²) in [5.41, 5.74) is -0.346. The van der Waals surface area contributed by atoms with E-state index in [4.69, 9.17) is 9.47 Å². The third-order valence-electron chi connectivity index (χ3n) is 7.68. The molecule has 2 aliphatic rings. The molecular weight excluding hydrogens is 650 g/mol. The van der Waals surface area contributed by atoms with Gasteiger partial charge in [-0.25, -0.2) is 9.29 Å². The first-order chi connectivity index (χ1) is 21.9. The Kier molecular flexibility index (Phi) is 8.14. The van der Waals surface area contributed by atoms with Gasteiger partial charge in [-0.1, -0.05) is 35.2 Å². The summed E-state index contributed by atoms with van der Waals surface area (Å²) >= 11 is 1.76. The number of fused-ring (bicyclic) bond motifs is 2. The normalized spacial score (nSPS) is 19.1. The molecule has 1 saturated heterocycles. The number of aromatic nitrogens is 1.